The van der Waals surface area contributed by atoms with E-state index >= 15 is 0 Å². The van der Waals surface area contributed by atoms with Crippen molar-refractivity contribution in [3.8, 4) is 23.0 Å². The summed E-state index contributed by atoms with van der Waals surface area (Å²) in [5.74, 6) is 0.892. The van der Waals surface area contributed by atoms with Gasteiger partial charge < -0.3 is 54.0 Å². The van der Waals surface area contributed by atoms with Crippen LogP contribution >= 0.6 is 0 Å². The van der Waals surface area contributed by atoms with Crippen molar-refractivity contribution in [1.82, 2.24) is 0 Å². The predicted octanol–water partition coefficient (Wildman–Crippen LogP) is 0.361. The van der Waals surface area contributed by atoms with Crippen molar-refractivity contribution in [1.29, 1.82) is 0 Å². The maximum absolute atomic E-state index is 10.4. The monoisotopic (exact) mass is 496 g/mol. The molecule has 11 heteroatoms. The zero-order valence-electron chi connectivity index (χ0n) is 19.7. The smallest absolute Gasteiger partial charge is 0.186 e. The summed E-state index contributed by atoms with van der Waals surface area (Å²) in [5.41, 5.74) is 0.489. The predicted molar refractivity (Wildman–Crippen MR) is 122 cm³/mol. The second kappa shape index (κ2) is 12.4. The SMILES string of the molecule is COc1cc(C(OC[C@H]2O[C@@H](OC)[C@H](O)[C@@H](O)[C@@H]2O)C(CO)Oc2ccccc2OC)ccc1O. The van der Waals surface area contributed by atoms with Crippen LogP contribution in [-0.4, -0.2) is 96.9 Å². The molecule has 0 saturated carbocycles. The molecule has 1 fully saturated rings. The molecule has 11 nitrogen and oxygen atoms in total. The summed E-state index contributed by atoms with van der Waals surface area (Å²) in [6, 6.07) is 11.4. The third-order valence-electron chi connectivity index (χ3n) is 5.74. The Morgan fingerprint density at radius 2 is 1.57 bits per heavy atom. The molecule has 1 aliphatic rings. The van der Waals surface area contributed by atoms with Crippen molar-refractivity contribution in [3.05, 3.63) is 48.0 Å². The summed E-state index contributed by atoms with van der Waals surface area (Å²) in [4.78, 5) is 0. The highest BCUT2D eigenvalue weighted by Gasteiger charge is 2.44. The molecule has 0 radical (unpaired) electrons. The van der Waals surface area contributed by atoms with E-state index < -0.39 is 49.5 Å². The van der Waals surface area contributed by atoms with Crippen LogP contribution in [0.15, 0.2) is 42.5 Å². The van der Waals surface area contributed by atoms with Crippen molar-refractivity contribution in [3.63, 3.8) is 0 Å². The zero-order valence-corrected chi connectivity index (χ0v) is 19.7. The number of para-hydroxylation sites is 2. The number of rotatable bonds is 11. The standard InChI is InChI=1S/C24H32O11/c1-30-15-6-4-5-7-16(15)34-18(11-25)23(13-8-9-14(26)17(10-13)31-2)33-12-19-20(27)21(28)22(29)24(32-3)35-19/h4-10,18-29H,11-12H2,1-3H3/t18?,19-,20-,21+,22-,23?,24-/m1/s1. The van der Waals surface area contributed by atoms with Gasteiger partial charge in [-0.15, -0.1) is 0 Å². The Morgan fingerprint density at radius 1 is 0.886 bits per heavy atom. The Bertz CT molecular complexity index is 937. The quantitative estimate of drug-likeness (QED) is 0.293. The van der Waals surface area contributed by atoms with Crippen molar-refractivity contribution >= 4 is 0 Å². The van der Waals surface area contributed by atoms with Gasteiger partial charge in [0, 0.05) is 7.11 Å². The molecule has 0 aliphatic carbocycles. The average molecular weight is 497 g/mol. The average Bonchev–Trinajstić information content (AvgIpc) is 2.88. The van der Waals surface area contributed by atoms with E-state index in [4.69, 9.17) is 28.4 Å². The van der Waals surface area contributed by atoms with E-state index in [2.05, 4.69) is 0 Å². The van der Waals surface area contributed by atoms with Crippen LogP contribution in [0, 0.1) is 0 Å². The summed E-state index contributed by atoms with van der Waals surface area (Å²) < 4.78 is 33.2. The van der Waals surface area contributed by atoms with Gasteiger partial charge in [-0.1, -0.05) is 18.2 Å². The number of ether oxygens (including phenoxy) is 6. The normalized spacial score (nSPS) is 26.1. The number of hydrogen-bond donors (Lipinski definition) is 5. The van der Waals surface area contributed by atoms with E-state index in [1.165, 1.54) is 33.5 Å². The molecule has 2 aromatic carbocycles. The minimum atomic E-state index is -1.52. The fourth-order valence-electron chi connectivity index (χ4n) is 3.81. The summed E-state index contributed by atoms with van der Waals surface area (Å²) in [5, 5.41) is 50.8. The Hall–Kier alpha value is -2.64. The maximum atomic E-state index is 10.4. The third kappa shape index (κ3) is 6.14. The number of hydrogen-bond acceptors (Lipinski definition) is 11. The van der Waals surface area contributed by atoms with Gasteiger partial charge in [-0.25, -0.2) is 0 Å². The van der Waals surface area contributed by atoms with Crippen LogP contribution in [0.25, 0.3) is 0 Å². The van der Waals surface area contributed by atoms with Gasteiger partial charge in [0.25, 0.3) is 0 Å². The number of benzene rings is 2. The molecule has 0 aromatic heterocycles. The number of aromatic hydroxyl groups is 1. The van der Waals surface area contributed by atoms with E-state index in [0.717, 1.165) is 0 Å². The lowest BCUT2D eigenvalue weighted by molar-refractivity contribution is -0.299. The van der Waals surface area contributed by atoms with Gasteiger partial charge >= 0.3 is 0 Å². The number of methoxy groups -OCH3 is 3. The number of aliphatic hydroxyl groups is 4. The number of phenolic OH excluding ortho intramolecular Hbond substituents is 1. The van der Waals surface area contributed by atoms with Gasteiger partial charge in [-0.3, -0.25) is 0 Å². The van der Waals surface area contributed by atoms with Gasteiger partial charge in [0.15, 0.2) is 35.4 Å². The van der Waals surface area contributed by atoms with Crippen LogP contribution in [0.5, 0.6) is 23.0 Å². The molecule has 2 aromatic rings. The fourth-order valence-corrected chi connectivity index (χ4v) is 3.81. The van der Waals surface area contributed by atoms with E-state index in [-0.39, 0.29) is 18.1 Å². The van der Waals surface area contributed by atoms with E-state index in [1.807, 2.05) is 0 Å². The van der Waals surface area contributed by atoms with E-state index in [9.17, 15) is 25.5 Å². The summed E-state index contributed by atoms with van der Waals surface area (Å²) in [6.07, 6.45) is -8.57. The first-order valence-electron chi connectivity index (χ1n) is 11.0. The Balaban J connectivity index is 1.89. The molecule has 1 saturated heterocycles. The lowest BCUT2D eigenvalue weighted by atomic mass is 9.99. The lowest BCUT2D eigenvalue weighted by Crippen LogP contribution is -2.59. The molecule has 2 unspecified atom stereocenters. The zero-order chi connectivity index (χ0) is 25.5. The van der Waals surface area contributed by atoms with Gasteiger partial charge in [-0.05, 0) is 29.8 Å². The molecular weight excluding hydrogens is 464 g/mol. The Labute approximate surface area is 203 Å². The Morgan fingerprint density at radius 3 is 2.20 bits per heavy atom. The van der Waals surface area contributed by atoms with Crippen molar-refractivity contribution in [2.24, 2.45) is 0 Å². The third-order valence-corrected chi connectivity index (χ3v) is 5.74. The second-order valence-corrected chi connectivity index (χ2v) is 7.93. The molecular formula is C24H32O11. The summed E-state index contributed by atoms with van der Waals surface area (Å²) in [7, 11) is 4.18. The highest BCUT2D eigenvalue weighted by molar-refractivity contribution is 5.43. The minimum absolute atomic E-state index is 0.0905. The van der Waals surface area contributed by atoms with Crippen molar-refractivity contribution in [2.45, 2.75) is 42.9 Å². The fraction of sp³-hybridized carbons (Fsp3) is 0.500. The summed E-state index contributed by atoms with van der Waals surface area (Å²) >= 11 is 0. The van der Waals surface area contributed by atoms with Crippen molar-refractivity contribution in [2.75, 3.05) is 34.5 Å². The summed E-state index contributed by atoms with van der Waals surface area (Å²) in [6.45, 7) is -0.730. The molecule has 194 valence electrons. The maximum Gasteiger partial charge on any atom is 0.186 e. The van der Waals surface area contributed by atoms with E-state index in [1.54, 1.807) is 30.3 Å². The van der Waals surface area contributed by atoms with Crippen LogP contribution < -0.4 is 14.2 Å². The van der Waals surface area contributed by atoms with Gasteiger partial charge in [0.05, 0.1) is 27.4 Å². The second-order valence-electron chi connectivity index (χ2n) is 7.93. The van der Waals surface area contributed by atoms with Gasteiger partial charge in [0.1, 0.15) is 30.5 Å². The first kappa shape index (κ1) is 27.0. The van der Waals surface area contributed by atoms with Gasteiger partial charge in [0.2, 0.25) is 0 Å². The van der Waals surface area contributed by atoms with Crippen LogP contribution in [0.1, 0.15) is 11.7 Å². The van der Waals surface area contributed by atoms with Crippen LogP contribution in [0.3, 0.4) is 0 Å². The van der Waals surface area contributed by atoms with Crippen LogP contribution in [0.2, 0.25) is 0 Å². The lowest BCUT2D eigenvalue weighted by Gasteiger charge is -2.40. The highest BCUT2D eigenvalue weighted by Crippen LogP contribution is 2.35. The van der Waals surface area contributed by atoms with Crippen LogP contribution in [0.4, 0.5) is 0 Å². The van der Waals surface area contributed by atoms with E-state index in [0.29, 0.717) is 17.1 Å². The number of phenols is 1. The molecule has 3 rings (SSSR count). The van der Waals surface area contributed by atoms with Crippen LogP contribution in [-0.2, 0) is 14.2 Å². The molecule has 7 atom stereocenters. The molecule has 0 spiro atoms. The minimum Gasteiger partial charge on any atom is -0.504 e. The largest absolute Gasteiger partial charge is 0.504 e. The van der Waals surface area contributed by atoms with Gasteiger partial charge in [-0.2, -0.15) is 0 Å². The molecule has 35 heavy (non-hydrogen) atoms. The molecule has 0 bridgehead atoms. The van der Waals surface area contributed by atoms with Crippen molar-refractivity contribution < 1.29 is 54.0 Å². The molecule has 0 amide bonds. The molecule has 5 N–H and O–H groups in total. The Kier molecular flexibility index (Phi) is 9.52. The molecule has 1 heterocycles. The highest BCUT2D eigenvalue weighted by atomic mass is 16.7. The number of aliphatic hydroxyl groups excluding tert-OH is 4. The first-order chi connectivity index (χ1) is 16.8. The first-order valence-corrected chi connectivity index (χ1v) is 11.0. The molecule has 1 aliphatic heterocycles. The topological polar surface area (TPSA) is 157 Å².